The molecule has 1 aromatic rings. The molecule has 0 saturated heterocycles. The molecule has 1 aromatic carbocycles. The first-order valence-corrected chi connectivity index (χ1v) is 7.16. The Balaban J connectivity index is 2.79. The van der Waals surface area contributed by atoms with Crippen LogP contribution in [0.3, 0.4) is 0 Å². The van der Waals surface area contributed by atoms with E-state index in [4.69, 9.17) is 0 Å². The van der Waals surface area contributed by atoms with Gasteiger partial charge in [-0.2, -0.15) is 0 Å². The van der Waals surface area contributed by atoms with Crippen LogP contribution in [0.1, 0.15) is 45.2 Å². The average molecular weight is 275 g/mol. The first-order valence-electron chi connectivity index (χ1n) is 7.16. The van der Waals surface area contributed by atoms with Gasteiger partial charge in [0.2, 0.25) is 5.91 Å². The lowest BCUT2D eigenvalue weighted by Crippen LogP contribution is -2.37. The Kier molecular flexibility index (Phi) is 5.93. The molecule has 0 bridgehead atoms. The van der Waals surface area contributed by atoms with Crippen LogP contribution in [0.25, 0.3) is 0 Å². The van der Waals surface area contributed by atoms with Gasteiger partial charge in [-0.25, -0.2) is 0 Å². The zero-order valence-corrected chi connectivity index (χ0v) is 13.1. The third-order valence-corrected chi connectivity index (χ3v) is 3.55. The number of hydrogen-bond donors (Lipinski definition) is 0. The van der Waals surface area contributed by atoms with Gasteiger partial charge in [0.1, 0.15) is 5.78 Å². The minimum absolute atomic E-state index is 0.0456. The molecule has 1 atom stereocenters. The molecule has 1 amide bonds. The third kappa shape index (κ3) is 4.80. The fourth-order valence-electron chi connectivity index (χ4n) is 2.09. The van der Waals surface area contributed by atoms with E-state index in [-0.39, 0.29) is 23.7 Å². The van der Waals surface area contributed by atoms with Crippen molar-refractivity contribution in [3.05, 3.63) is 35.4 Å². The average Bonchev–Trinajstić information content (AvgIpc) is 2.35. The third-order valence-electron chi connectivity index (χ3n) is 3.55. The Morgan fingerprint density at radius 2 is 1.85 bits per heavy atom. The second-order valence-electron chi connectivity index (χ2n) is 5.82. The second kappa shape index (κ2) is 7.22. The highest BCUT2D eigenvalue weighted by Gasteiger charge is 2.21. The smallest absolute Gasteiger partial charge is 0.223 e. The fraction of sp³-hybridized carbons (Fsp3) is 0.529. The summed E-state index contributed by atoms with van der Waals surface area (Å²) in [4.78, 5) is 25.5. The highest BCUT2D eigenvalue weighted by atomic mass is 16.2. The van der Waals surface area contributed by atoms with Crippen molar-refractivity contribution in [2.75, 3.05) is 0 Å². The number of amides is 1. The molecule has 3 heteroatoms. The van der Waals surface area contributed by atoms with Crippen molar-refractivity contribution in [3.63, 3.8) is 0 Å². The van der Waals surface area contributed by atoms with Gasteiger partial charge in [0.25, 0.3) is 0 Å². The van der Waals surface area contributed by atoms with Crippen LogP contribution >= 0.6 is 0 Å². The monoisotopic (exact) mass is 275 g/mol. The quantitative estimate of drug-likeness (QED) is 0.798. The van der Waals surface area contributed by atoms with Crippen LogP contribution in [0.5, 0.6) is 0 Å². The van der Waals surface area contributed by atoms with Crippen LogP contribution in [0, 0.1) is 12.8 Å². The molecular formula is C17H25NO2. The Labute approximate surface area is 122 Å². The van der Waals surface area contributed by atoms with Crippen molar-refractivity contribution in [2.24, 2.45) is 5.92 Å². The number of ketones is 1. The van der Waals surface area contributed by atoms with Crippen molar-refractivity contribution in [1.82, 2.24) is 4.90 Å². The molecular weight excluding hydrogens is 250 g/mol. The van der Waals surface area contributed by atoms with E-state index >= 15 is 0 Å². The Morgan fingerprint density at radius 1 is 1.20 bits per heavy atom. The molecule has 0 saturated carbocycles. The second-order valence-corrected chi connectivity index (χ2v) is 5.82. The summed E-state index contributed by atoms with van der Waals surface area (Å²) in [5.74, 6) is -0.0944. The van der Waals surface area contributed by atoms with E-state index in [2.05, 4.69) is 6.07 Å². The van der Waals surface area contributed by atoms with Gasteiger partial charge in [-0.15, -0.1) is 0 Å². The molecule has 3 nitrogen and oxygen atoms in total. The highest BCUT2D eigenvalue weighted by molar-refractivity contribution is 5.85. The summed E-state index contributed by atoms with van der Waals surface area (Å²) in [7, 11) is 0. The Hall–Kier alpha value is -1.64. The summed E-state index contributed by atoms with van der Waals surface area (Å²) in [6, 6.07) is 8.30. The van der Waals surface area contributed by atoms with E-state index in [1.54, 1.807) is 0 Å². The number of Topliss-reactive ketones (excluding diaryl/α,β-unsaturated/α-hetero) is 1. The molecule has 0 unspecified atom stereocenters. The van der Waals surface area contributed by atoms with Crippen molar-refractivity contribution in [1.29, 1.82) is 0 Å². The summed E-state index contributed by atoms with van der Waals surface area (Å²) >= 11 is 0. The highest BCUT2D eigenvalue weighted by Crippen LogP contribution is 2.14. The van der Waals surface area contributed by atoms with E-state index in [0.717, 1.165) is 5.56 Å². The molecule has 0 heterocycles. The summed E-state index contributed by atoms with van der Waals surface area (Å²) in [5.41, 5.74) is 2.32. The van der Waals surface area contributed by atoms with E-state index in [1.165, 1.54) is 12.5 Å². The van der Waals surface area contributed by atoms with Crippen molar-refractivity contribution < 1.29 is 9.59 Å². The van der Waals surface area contributed by atoms with Gasteiger partial charge in [0, 0.05) is 24.9 Å². The first kappa shape index (κ1) is 16.4. The summed E-state index contributed by atoms with van der Waals surface area (Å²) < 4.78 is 0. The van der Waals surface area contributed by atoms with Crippen LogP contribution in [0.15, 0.2) is 24.3 Å². The molecule has 0 radical (unpaired) electrons. The molecule has 0 aromatic heterocycles. The predicted octanol–water partition coefficient (Wildman–Crippen LogP) is 3.35. The molecule has 0 fully saturated rings. The van der Waals surface area contributed by atoms with Crippen molar-refractivity contribution in [3.8, 4) is 0 Å². The topological polar surface area (TPSA) is 37.4 Å². The summed E-state index contributed by atoms with van der Waals surface area (Å²) in [6.07, 6.45) is 0.291. The lowest BCUT2D eigenvalue weighted by molar-refractivity contribution is -0.136. The number of hydrogen-bond acceptors (Lipinski definition) is 2. The first-order chi connectivity index (χ1) is 9.31. The maximum absolute atomic E-state index is 12.4. The van der Waals surface area contributed by atoms with Gasteiger partial charge >= 0.3 is 0 Å². The summed E-state index contributed by atoms with van der Waals surface area (Å²) in [6.45, 7) is 10.0. The predicted molar refractivity (Wildman–Crippen MR) is 81.3 cm³/mol. The van der Waals surface area contributed by atoms with Crippen molar-refractivity contribution >= 4 is 11.7 Å². The number of rotatable bonds is 6. The van der Waals surface area contributed by atoms with E-state index in [1.807, 2.05) is 50.8 Å². The number of nitrogens with zero attached hydrogens (tertiary/aromatic N) is 1. The Morgan fingerprint density at radius 3 is 2.35 bits per heavy atom. The van der Waals surface area contributed by atoms with E-state index in [9.17, 15) is 9.59 Å². The lowest BCUT2D eigenvalue weighted by Gasteiger charge is -2.28. The zero-order valence-electron chi connectivity index (χ0n) is 13.1. The molecule has 0 aliphatic heterocycles. The number of carbonyl (C=O) groups excluding carboxylic acids is 2. The van der Waals surface area contributed by atoms with Crippen LogP contribution in [0.4, 0.5) is 0 Å². The van der Waals surface area contributed by atoms with Gasteiger partial charge in [0.05, 0.1) is 0 Å². The molecule has 0 N–H and O–H groups in total. The SMILES string of the molecule is CC(=O)[C@H](C)CC(=O)N(Cc1cccc(C)c1)C(C)C. The largest absolute Gasteiger partial charge is 0.336 e. The normalized spacial score (nSPS) is 12.3. The molecule has 1 rings (SSSR count). The van der Waals surface area contributed by atoms with E-state index < -0.39 is 0 Å². The number of benzene rings is 1. The maximum atomic E-state index is 12.4. The molecule has 0 spiro atoms. The summed E-state index contributed by atoms with van der Waals surface area (Å²) in [5, 5.41) is 0. The molecule has 20 heavy (non-hydrogen) atoms. The molecule has 110 valence electrons. The van der Waals surface area contributed by atoms with Gasteiger partial charge in [-0.1, -0.05) is 36.8 Å². The van der Waals surface area contributed by atoms with E-state index in [0.29, 0.717) is 13.0 Å². The number of carbonyl (C=O) groups is 2. The molecule has 0 aliphatic rings. The van der Waals surface area contributed by atoms with Gasteiger partial charge in [0.15, 0.2) is 0 Å². The van der Waals surface area contributed by atoms with Crippen LogP contribution in [-0.2, 0) is 16.1 Å². The molecule has 0 aliphatic carbocycles. The van der Waals surface area contributed by atoms with Crippen LogP contribution in [0.2, 0.25) is 0 Å². The van der Waals surface area contributed by atoms with Crippen LogP contribution < -0.4 is 0 Å². The van der Waals surface area contributed by atoms with Gasteiger partial charge < -0.3 is 4.90 Å². The van der Waals surface area contributed by atoms with Gasteiger partial charge in [-0.05, 0) is 33.3 Å². The zero-order chi connectivity index (χ0) is 15.3. The van der Waals surface area contributed by atoms with Gasteiger partial charge in [-0.3, -0.25) is 9.59 Å². The minimum Gasteiger partial charge on any atom is -0.336 e. The maximum Gasteiger partial charge on any atom is 0.223 e. The minimum atomic E-state index is -0.207. The lowest BCUT2D eigenvalue weighted by atomic mass is 10.0. The van der Waals surface area contributed by atoms with Crippen molar-refractivity contribution in [2.45, 2.75) is 53.6 Å². The number of aryl methyl sites for hydroxylation is 1. The fourth-order valence-corrected chi connectivity index (χ4v) is 2.09. The Bertz CT molecular complexity index is 480. The standard InChI is InChI=1S/C17H25NO2/c1-12(2)18(17(20)10-14(4)15(5)19)11-16-8-6-7-13(3)9-16/h6-9,12,14H,10-11H2,1-5H3/t14-/m1/s1. The van der Waals surface area contributed by atoms with Crippen LogP contribution in [-0.4, -0.2) is 22.6 Å².